The molecule has 0 fully saturated rings. The Morgan fingerprint density at radius 1 is 1.28 bits per heavy atom. The number of carbonyl (C=O) groups is 3. The second-order valence-electron chi connectivity index (χ2n) is 4.30. The molecule has 0 saturated heterocycles. The van der Waals surface area contributed by atoms with Gasteiger partial charge in [0.1, 0.15) is 6.54 Å². The summed E-state index contributed by atoms with van der Waals surface area (Å²) in [5, 5.41) is 2.45. The van der Waals surface area contributed by atoms with Gasteiger partial charge in [-0.25, -0.2) is 0 Å². The molecule has 0 unspecified atom stereocenters. The van der Waals surface area contributed by atoms with Gasteiger partial charge in [-0.15, -0.1) is 0 Å². The first kappa shape index (κ1) is 12.3. The molecule has 0 aromatic heterocycles. The molecule has 0 spiro atoms. The summed E-state index contributed by atoms with van der Waals surface area (Å²) in [5.74, 6) is -1.48. The van der Waals surface area contributed by atoms with Crippen LogP contribution >= 0.6 is 0 Å². The fourth-order valence-corrected chi connectivity index (χ4v) is 2.04. The lowest BCUT2D eigenvalue weighted by molar-refractivity contribution is -0.121. The van der Waals surface area contributed by atoms with Crippen molar-refractivity contribution in [1.29, 1.82) is 0 Å². The van der Waals surface area contributed by atoms with Gasteiger partial charge < -0.3 is 5.32 Å². The third-order valence-corrected chi connectivity index (χ3v) is 3.24. The number of fused-ring (bicyclic) bond motifs is 1. The molecule has 1 aliphatic heterocycles. The van der Waals surface area contributed by atoms with Gasteiger partial charge in [0.15, 0.2) is 0 Å². The summed E-state index contributed by atoms with van der Waals surface area (Å²) in [7, 11) is 1.49. The molecule has 1 aromatic carbocycles. The molecule has 1 heterocycles. The molecule has 1 aliphatic rings. The maximum absolute atomic E-state index is 11.9. The van der Waals surface area contributed by atoms with Crippen LogP contribution in [0.1, 0.15) is 21.5 Å². The van der Waals surface area contributed by atoms with E-state index in [4.69, 9.17) is 0 Å². The number of nitrogens with one attached hydrogen (secondary N) is 1. The highest BCUT2D eigenvalue weighted by Crippen LogP contribution is 2.33. The molecule has 0 bridgehead atoms. The molecule has 0 atom stereocenters. The van der Waals surface area contributed by atoms with E-state index in [0.29, 0.717) is 11.3 Å². The predicted molar refractivity (Wildman–Crippen MR) is 66.7 cm³/mol. The Hall–Kier alpha value is -2.17. The van der Waals surface area contributed by atoms with E-state index in [0.717, 1.165) is 11.1 Å². The number of benzene rings is 1. The van der Waals surface area contributed by atoms with Gasteiger partial charge in [-0.05, 0) is 31.0 Å². The largest absolute Gasteiger partial charge is 0.358 e. The van der Waals surface area contributed by atoms with E-state index in [9.17, 15) is 14.4 Å². The number of Topliss-reactive ketones (excluding diaryl/α,β-unsaturated/α-hetero) is 1. The van der Waals surface area contributed by atoms with Crippen molar-refractivity contribution < 1.29 is 14.4 Å². The van der Waals surface area contributed by atoms with Crippen LogP contribution in [0.5, 0.6) is 0 Å². The van der Waals surface area contributed by atoms with Gasteiger partial charge in [0, 0.05) is 7.05 Å². The Morgan fingerprint density at radius 3 is 2.56 bits per heavy atom. The summed E-state index contributed by atoms with van der Waals surface area (Å²) in [6, 6.07) is 3.45. The third-order valence-electron chi connectivity index (χ3n) is 3.24. The van der Waals surface area contributed by atoms with Crippen LogP contribution in [0, 0.1) is 13.8 Å². The minimum absolute atomic E-state index is 0.127. The highest BCUT2D eigenvalue weighted by Gasteiger charge is 2.37. The van der Waals surface area contributed by atoms with Crippen LogP contribution in [0.4, 0.5) is 5.69 Å². The van der Waals surface area contributed by atoms with Crippen molar-refractivity contribution in [2.24, 2.45) is 0 Å². The second kappa shape index (κ2) is 4.25. The first-order valence-electron chi connectivity index (χ1n) is 5.64. The van der Waals surface area contributed by atoms with Crippen LogP contribution in [0.2, 0.25) is 0 Å². The molecule has 94 valence electrons. The lowest BCUT2D eigenvalue weighted by Gasteiger charge is -2.18. The van der Waals surface area contributed by atoms with Crippen molar-refractivity contribution in [3.63, 3.8) is 0 Å². The van der Waals surface area contributed by atoms with Crippen molar-refractivity contribution in [3.05, 3.63) is 28.8 Å². The monoisotopic (exact) mass is 246 g/mol. The number of ketones is 1. The molecule has 0 radical (unpaired) electrons. The van der Waals surface area contributed by atoms with Gasteiger partial charge in [0.2, 0.25) is 5.91 Å². The molecule has 0 saturated carbocycles. The van der Waals surface area contributed by atoms with Crippen molar-refractivity contribution in [2.45, 2.75) is 13.8 Å². The van der Waals surface area contributed by atoms with Crippen molar-refractivity contribution in [2.75, 3.05) is 18.5 Å². The topological polar surface area (TPSA) is 66.5 Å². The molecule has 2 amide bonds. The zero-order valence-corrected chi connectivity index (χ0v) is 10.5. The minimum atomic E-state index is -0.637. The number of likely N-dealkylation sites (N-methyl/N-ethyl adjacent to an activating group) is 1. The van der Waals surface area contributed by atoms with Gasteiger partial charge in [-0.3, -0.25) is 19.3 Å². The predicted octanol–water partition coefficient (Wildman–Crippen LogP) is 0.579. The van der Waals surface area contributed by atoms with E-state index >= 15 is 0 Å². The van der Waals surface area contributed by atoms with Crippen LogP contribution in [0.25, 0.3) is 0 Å². The molecule has 0 aliphatic carbocycles. The van der Waals surface area contributed by atoms with E-state index in [1.54, 1.807) is 6.07 Å². The Bertz CT molecular complexity index is 564. The van der Waals surface area contributed by atoms with Crippen molar-refractivity contribution in [1.82, 2.24) is 5.32 Å². The van der Waals surface area contributed by atoms with Crippen LogP contribution in [-0.4, -0.2) is 31.2 Å². The summed E-state index contributed by atoms with van der Waals surface area (Å²) in [4.78, 5) is 36.3. The molecule has 1 aromatic rings. The molecular weight excluding hydrogens is 232 g/mol. The van der Waals surface area contributed by atoms with Gasteiger partial charge in [-0.2, -0.15) is 0 Å². The zero-order valence-electron chi connectivity index (χ0n) is 10.5. The highest BCUT2D eigenvalue weighted by molar-refractivity contribution is 6.52. The number of rotatable bonds is 2. The first-order chi connectivity index (χ1) is 8.47. The lowest BCUT2D eigenvalue weighted by atomic mass is 10.0. The second-order valence-corrected chi connectivity index (χ2v) is 4.30. The van der Waals surface area contributed by atoms with Crippen LogP contribution in [0.3, 0.4) is 0 Å². The van der Waals surface area contributed by atoms with Crippen LogP contribution < -0.4 is 10.2 Å². The van der Waals surface area contributed by atoms with Crippen molar-refractivity contribution in [3.8, 4) is 0 Å². The first-order valence-corrected chi connectivity index (χ1v) is 5.64. The number of anilines is 1. The summed E-state index contributed by atoms with van der Waals surface area (Å²) >= 11 is 0. The SMILES string of the molecule is CNC(=O)CN1C(=O)C(=O)c2ccc(C)c(C)c21. The van der Waals surface area contributed by atoms with Crippen LogP contribution in [-0.2, 0) is 9.59 Å². The number of hydrogen-bond donors (Lipinski definition) is 1. The van der Waals surface area contributed by atoms with Crippen molar-refractivity contribution >= 4 is 23.3 Å². The Balaban J connectivity index is 2.53. The van der Waals surface area contributed by atoms with E-state index in [1.165, 1.54) is 11.9 Å². The normalized spacial score (nSPS) is 13.8. The van der Waals surface area contributed by atoms with Gasteiger partial charge in [-0.1, -0.05) is 6.07 Å². The molecule has 5 nitrogen and oxygen atoms in total. The fourth-order valence-electron chi connectivity index (χ4n) is 2.04. The molecular formula is C13H14N2O3. The number of carbonyl (C=O) groups excluding carboxylic acids is 3. The van der Waals surface area contributed by atoms with Gasteiger partial charge in [0.05, 0.1) is 11.3 Å². The lowest BCUT2D eigenvalue weighted by Crippen LogP contribution is -2.39. The summed E-state index contributed by atoms with van der Waals surface area (Å²) < 4.78 is 0. The van der Waals surface area contributed by atoms with E-state index < -0.39 is 11.7 Å². The quantitative estimate of drug-likeness (QED) is 0.776. The smallest absolute Gasteiger partial charge is 0.299 e. The van der Waals surface area contributed by atoms with E-state index in [-0.39, 0.29) is 12.5 Å². The highest BCUT2D eigenvalue weighted by atomic mass is 16.2. The number of aryl methyl sites for hydroxylation is 1. The summed E-state index contributed by atoms with van der Waals surface area (Å²) in [5.41, 5.74) is 2.79. The summed E-state index contributed by atoms with van der Waals surface area (Å²) in [6.07, 6.45) is 0. The van der Waals surface area contributed by atoms with E-state index in [2.05, 4.69) is 5.32 Å². The summed E-state index contributed by atoms with van der Waals surface area (Å²) in [6.45, 7) is 3.62. The maximum Gasteiger partial charge on any atom is 0.299 e. The zero-order chi connectivity index (χ0) is 13.4. The standard InChI is InChI=1S/C13H14N2O3/c1-7-4-5-9-11(8(7)2)15(6-10(16)14-3)13(18)12(9)17/h4-5H,6H2,1-3H3,(H,14,16). The number of hydrogen-bond acceptors (Lipinski definition) is 3. The minimum Gasteiger partial charge on any atom is -0.358 e. The average molecular weight is 246 g/mol. The number of amides is 2. The Labute approximate surface area is 105 Å². The number of nitrogens with zero attached hydrogens (tertiary/aromatic N) is 1. The van der Waals surface area contributed by atoms with Gasteiger partial charge in [0.25, 0.3) is 11.7 Å². The average Bonchev–Trinajstić information content (AvgIpc) is 2.59. The fraction of sp³-hybridized carbons (Fsp3) is 0.308. The molecule has 18 heavy (non-hydrogen) atoms. The van der Waals surface area contributed by atoms with Crippen LogP contribution in [0.15, 0.2) is 12.1 Å². The molecule has 5 heteroatoms. The Kier molecular flexibility index (Phi) is 2.90. The Morgan fingerprint density at radius 2 is 1.94 bits per heavy atom. The maximum atomic E-state index is 11.9. The third kappa shape index (κ3) is 1.68. The van der Waals surface area contributed by atoms with E-state index in [1.807, 2.05) is 19.9 Å². The molecule has 2 rings (SSSR count). The van der Waals surface area contributed by atoms with Gasteiger partial charge >= 0.3 is 0 Å². The molecule has 1 N–H and O–H groups in total.